The summed E-state index contributed by atoms with van der Waals surface area (Å²) >= 11 is 0. The Labute approximate surface area is 276 Å². The Balaban J connectivity index is 0.000000343. The van der Waals surface area contributed by atoms with Gasteiger partial charge >= 0.3 is 30.6 Å². The number of carbonyl (C=O) groups excluding carboxylic acids is 2. The van der Waals surface area contributed by atoms with Crippen LogP contribution in [0.25, 0.3) is 0 Å². The fourth-order valence-electron chi connectivity index (χ4n) is 3.87. The number of hydrogen-bond donors (Lipinski definition) is 4. The molecule has 1 aliphatic rings. The van der Waals surface area contributed by atoms with Gasteiger partial charge in [-0.05, 0) is 54.4 Å². The minimum absolute atomic E-state index is 0.0405. The smallest absolute Gasteiger partial charge is 0.422 e. The highest BCUT2D eigenvalue weighted by molar-refractivity contribution is 5.74. The number of alkyl halides is 9. The first-order valence-electron chi connectivity index (χ1n) is 14.9. The van der Waals surface area contributed by atoms with E-state index < -0.39 is 43.2 Å². The molecule has 0 saturated heterocycles. The van der Waals surface area contributed by atoms with Crippen LogP contribution >= 0.6 is 0 Å². The summed E-state index contributed by atoms with van der Waals surface area (Å²) in [5.41, 5.74) is -0.524. The molecular formula is C30H39F9N6O4. The Morgan fingerprint density at radius 3 is 1.51 bits per heavy atom. The molecule has 49 heavy (non-hydrogen) atoms. The summed E-state index contributed by atoms with van der Waals surface area (Å²) in [5.74, 6) is -0.377. The van der Waals surface area contributed by atoms with E-state index in [2.05, 4.69) is 61.5 Å². The van der Waals surface area contributed by atoms with Gasteiger partial charge in [0.1, 0.15) is 0 Å². The zero-order valence-electron chi connectivity index (χ0n) is 27.0. The number of halogens is 9. The number of ether oxygens (including phenoxy) is 2. The largest absolute Gasteiger partial charge is 0.468 e. The second-order valence-corrected chi connectivity index (χ2v) is 12.4. The van der Waals surface area contributed by atoms with Crippen LogP contribution in [0.2, 0.25) is 0 Å². The maximum Gasteiger partial charge on any atom is 0.422 e. The normalized spacial score (nSPS) is 14.1. The van der Waals surface area contributed by atoms with Crippen LogP contribution in [0.15, 0.2) is 36.7 Å². The quantitative estimate of drug-likeness (QED) is 0.169. The predicted octanol–water partition coefficient (Wildman–Crippen LogP) is 6.81. The van der Waals surface area contributed by atoms with Gasteiger partial charge in [0, 0.05) is 50.7 Å². The highest BCUT2D eigenvalue weighted by Crippen LogP contribution is 2.59. The van der Waals surface area contributed by atoms with Crippen molar-refractivity contribution in [1.29, 1.82) is 0 Å². The SMILES string of the molecule is CC(C)(C)CCNC(=O)NCc1ccnc(OCC(F)(F)F)c1.O=C(NCCC1(C(F)(F)F)CC1)NCc1ccnc(OCC(F)(F)F)c1. The molecule has 2 aromatic heterocycles. The molecule has 0 aliphatic heterocycles. The highest BCUT2D eigenvalue weighted by Gasteiger charge is 2.62. The number of hydrogen-bond acceptors (Lipinski definition) is 6. The monoisotopic (exact) mass is 718 g/mol. The summed E-state index contributed by atoms with van der Waals surface area (Å²) in [5, 5.41) is 10.1. The Bertz CT molecular complexity index is 1340. The Kier molecular flexibility index (Phi) is 14.6. The van der Waals surface area contributed by atoms with Crippen molar-refractivity contribution in [1.82, 2.24) is 31.2 Å². The number of amides is 4. The number of aromatic nitrogens is 2. The molecule has 0 aromatic carbocycles. The summed E-state index contributed by atoms with van der Waals surface area (Å²) in [6, 6.07) is 4.65. The first-order chi connectivity index (χ1) is 22.6. The lowest BCUT2D eigenvalue weighted by Gasteiger charge is -2.19. The van der Waals surface area contributed by atoms with Gasteiger partial charge in [0.25, 0.3) is 0 Å². The van der Waals surface area contributed by atoms with Crippen LogP contribution in [0.4, 0.5) is 49.1 Å². The van der Waals surface area contributed by atoms with Crippen LogP contribution in [-0.4, -0.2) is 66.9 Å². The molecule has 1 fully saturated rings. The Morgan fingerprint density at radius 1 is 0.714 bits per heavy atom. The van der Waals surface area contributed by atoms with Gasteiger partial charge in [-0.25, -0.2) is 19.6 Å². The van der Waals surface area contributed by atoms with Gasteiger partial charge in [-0.1, -0.05) is 20.8 Å². The van der Waals surface area contributed by atoms with Crippen molar-refractivity contribution < 1.29 is 58.6 Å². The molecule has 0 bridgehead atoms. The highest BCUT2D eigenvalue weighted by atomic mass is 19.4. The number of pyridine rings is 2. The third kappa shape index (κ3) is 17.7. The summed E-state index contributed by atoms with van der Waals surface area (Å²) in [6.45, 7) is 3.90. The van der Waals surface area contributed by atoms with Crippen molar-refractivity contribution in [2.24, 2.45) is 10.8 Å². The van der Waals surface area contributed by atoms with Crippen LogP contribution < -0.4 is 30.7 Å². The molecule has 4 N–H and O–H groups in total. The van der Waals surface area contributed by atoms with Gasteiger partial charge in [-0.2, -0.15) is 39.5 Å². The van der Waals surface area contributed by atoms with E-state index in [0.29, 0.717) is 17.7 Å². The van der Waals surface area contributed by atoms with Gasteiger partial charge < -0.3 is 30.7 Å². The number of nitrogens with zero attached hydrogens (tertiary/aromatic N) is 2. The van der Waals surface area contributed by atoms with Crippen molar-refractivity contribution in [3.8, 4) is 11.8 Å². The first kappa shape index (κ1) is 41.0. The van der Waals surface area contributed by atoms with Gasteiger partial charge in [0.15, 0.2) is 13.2 Å². The molecule has 1 aliphatic carbocycles. The molecule has 3 rings (SSSR count). The third-order valence-electron chi connectivity index (χ3n) is 6.78. The van der Waals surface area contributed by atoms with Gasteiger partial charge in [0.2, 0.25) is 11.8 Å². The lowest BCUT2D eigenvalue weighted by molar-refractivity contribution is -0.188. The van der Waals surface area contributed by atoms with Crippen LogP contribution in [0.1, 0.15) is 57.6 Å². The third-order valence-corrected chi connectivity index (χ3v) is 6.78. The predicted molar refractivity (Wildman–Crippen MR) is 158 cm³/mol. The second-order valence-electron chi connectivity index (χ2n) is 12.4. The molecule has 19 heteroatoms. The van der Waals surface area contributed by atoms with Crippen LogP contribution in [-0.2, 0) is 13.1 Å². The number of nitrogens with one attached hydrogen (secondary N) is 4. The second kappa shape index (κ2) is 17.5. The topological polar surface area (TPSA) is 126 Å². The molecule has 276 valence electrons. The lowest BCUT2D eigenvalue weighted by Crippen LogP contribution is -2.37. The van der Waals surface area contributed by atoms with Crippen LogP contribution in [0.3, 0.4) is 0 Å². The van der Waals surface area contributed by atoms with Crippen molar-refractivity contribution in [2.45, 2.75) is 78.1 Å². The van der Waals surface area contributed by atoms with Crippen LogP contribution in [0.5, 0.6) is 11.8 Å². The van der Waals surface area contributed by atoms with E-state index in [4.69, 9.17) is 0 Å². The van der Waals surface area contributed by atoms with E-state index >= 15 is 0 Å². The molecule has 0 unspecified atom stereocenters. The maximum absolute atomic E-state index is 12.7. The molecule has 10 nitrogen and oxygen atoms in total. The van der Waals surface area contributed by atoms with Gasteiger partial charge in [0.05, 0.1) is 5.41 Å². The van der Waals surface area contributed by atoms with E-state index in [1.54, 1.807) is 6.07 Å². The maximum atomic E-state index is 12.7. The van der Waals surface area contributed by atoms with Crippen molar-refractivity contribution in [3.05, 3.63) is 47.8 Å². The zero-order valence-corrected chi connectivity index (χ0v) is 27.0. The molecule has 2 aromatic rings. The van der Waals surface area contributed by atoms with Gasteiger partial charge in [-0.15, -0.1) is 0 Å². The summed E-state index contributed by atoms with van der Waals surface area (Å²) < 4.78 is 120. The summed E-state index contributed by atoms with van der Waals surface area (Å²) in [4.78, 5) is 30.6. The average Bonchev–Trinajstić information content (AvgIpc) is 3.78. The van der Waals surface area contributed by atoms with Crippen molar-refractivity contribution >= 4 is 12.1 Å². The van der Waals surface area contributed by atoms with Crippen molar-refractivity contribution in [3.63, 3.8) is 0 Å². The molecule has 0 atom stereocenters. The van der Waals surface area contributed by atoms with Crippen molar-refractivity contribution in [2.75, 3.05) is 26.3 Å². The van der Waals surface area contributed by atoms with E-state index in [0.717, 1.165) is 6.42 Å². The minimum Gasteiger partial charge on any atom is -0.468 e. The zero-order chi connectivity index (χ0) is 36.9. The van der Waals surface area contributed by atoms with E-state index in [9.17, 15) is 49.1 Å². The van der Waals surface area contributed by atoms with Gasteiger partial charge in [-0.3, -0.25) is 0 Å². The molecular weight excluding hydrogens is 679 g/mol. The molecule has 1 saturated carbocycles. The van der Waals surface area contributed by atoms with E-state index in [1.807, 2.05) is 0 Å². The minimum atomic E-state index is -4.49. The van der Waals surface area contributed by atoms with E-state index in [1.165, 1.54) is 30.6 Å². The van der Waals surface area contributed by atoms with E-state index in [-0.39, 0.29) is 62.1 Å². The fraction of sp³-hybridized carbons (Fsp3) is 0.600. The molecule has 0 radical (unpaired) electrons. The average molecular weight is 719 g/mol. The summed E-state index contributed by atoms with van der Waals surface area (Å²) in [6.07, 6.45) is -9.83. The lowest BCUT2D eigenvalue weighted by atomic mass is 9.92. The summed E-state index contributed by atoms with van der Waals surface area (Å²) in [7, 11) is 0. The number of rotatable bonds is 13. The number of urea groups is 2. The fourth-order valence-corrected chi connectivity index (χ4v) is 3.87. The molecule has 4 amide bonds. The standard InChI is InChI=1S/C15H17F6N3O2.C15H22F3N3O2/c16-14(17,18)9-26-11-7-10(1-5-22-11)8-24-12(25)23-6-4-13(2-3-13)15(19,20)21;1-14(2,3)5-7-20-13(22)21-9-11-4-6-19-12(8-11)23-10-15(16,17)18/h1,5,7H,2-4,6,8-9H2,(H2,23,24,25);4,6,8H,5,7,9-10H2,1-3H3,(H2,20,21,22). The Hall–Kier alpha value is -4.19. The Morgan fingerprint density at radius 2 is 1.14 bits per heavy atom. The van der Waals surface area contributed by atoms with Crippen LogP contribution in [0, 0.1) is 10.8 Å². The first-order valence-corrected chi connectivity index (χ1v) is 14.9. The number of carbonyl (C=O) groups is 2. The molecule has 2 heterocycles. The molecule has 0 spiro atoms.